The number of rotatable bonds is 6. The monoisotopic (exact) mass is 289 g/mol. The molecule has 1 aliphatic heterocycles. The number of nitrogens with one attached hydrogen (secondary N) is 1. The molecular formula is C16H39N3O. The van der Waals surface area contributed by atoms with Crippen LogP contribution in [0.2, 0.25) is 0 Å². The van der Waals surface area contributed by atoms with Crippen LogP contribution in [0.25, 0.3) is 0 Å². The van der Waals surface area contributed by atoms with Gasteiger partial charge in [0, 0.05) is 26.2 Å². The predicted molar refractivity (Wildman–Crippen MR) is 90.5 cm³/mol. The number of ether oxygens (including phenoxy) is 1. The van der Waals surface area contributed by atoms with Gasteiger partial charge in [0.25, 0.3) is 0 Å². The van der Waals surface area contributed by atoms with E-state index in [1.165, 1.54) is 6.54 Å². The van der Waals surface area contributed by atoms with Gasteiger partial charge in [-0.1, -0.05) is 34.6 Å². The van der Waals surface area contributed by atoms with Crippen LogP contribution in [0.15, 0.2) is 0 Å². The molecule has 1 aliphatic rings. The maximum atomic E-state index is 5.24. The summed E-state index contributed by atoms with van der Waals surface area (Å²) in [4.78, 5) is 4.64. The van der Waals surface area contributed by atoms with Crippen LogP contribution >= 0.6 is 0 Å². The normalized spacial score (nSPS) is 15.4. The molecule has 0 unspecified atom stereocenters. The number of hydrogen-bond donors (Lipinski definition) is 1. The molecule has 0 atom stereocenters. The molecule has 1 saturated heterocycles. The first-order valence-corrected chi connectivity index (χ1v) is 8.21. The molecule has 0 aromatic heterocycles. The van der Waals surface area contributed by atoms with Crippen LogP contribution in [0.1, 0.15) is 34.6 Å². The molecule has 0 bridgehead atoms. The third-order valence-corrected chi connectivity index (χ3v) is 2.69. The molecular weight excluding hydrogens is 250 g/mol. The minimum atomic E-state index is 0.801. The van der Waals surface area contributed by atoms with Gasteiger partial charge >= 0.3 is 0 Å². The highest BCUT2D eigenvalue weighted by Crippen LogP contribution is 1.94. The first-order chi connectivity index (χ1) is 9.56. The van der Waals surface area contributed by atoms with Gasteiger partial charge in [-0.05, 0) is 33.1 Å². The molecule has 1 N–H and O–H groups in total. The van der Waals surface area contributed by atoms with Crippen LogP contribution < -0.4 is 5.32 Å². The maximum absolute atomic E-state index is 5.24. The van der Waals surface area contributed by atoms with E-state index in [0.717, 1.165) is 51.9 Å². The fraction of sp³-hybridized carbons (Fsp3) is 1.00. The Hall–Kier alpha value is -0.160. The quantitative estimate of drug-likeness (QED) is 0.758. The van der Waals surface area contributed by atoms with E-state index in [1.54, 1.807) is 0 Å². The molecule has 20 heavy (non-hydrogen) atoms. The van der Waals surface area contributed by atoms with Crippen molar-refractivity contribution in [1.82, 2.24) is 15.1 Å². The molecule has 0 aromatic carbocycles. The van der Waals surface area contributed by atoms with Crippen molar-refractivity contribution in [3.8, 4) is 0 Å². The van der Waals surface area contributed by atoms with Crippen LogP contribution in [0.5, 0.6) is 0 Å². The van der Waals surface area contributed by atoms with Gasteiger partial charge in [0.1, 0.15) is 0 Å². The highest BCUT2D eigenvalue weighted by atomic mass is 16.5. The zero-order valence-corrected chi connectivity index (χ0v) is 15.0. The van der Waals surface area contributed by atoms with Crippen LogP contribution in [-0.2, 0) is 4.74 Å². The van der Waals surface area contributed by atoms with Gasteiger partial charge < -0.3 is 15.0 Å². The zero-order chi connectivity index (χ0) is 15.8. The SMILES string of the molecule is CC.CC(C)CN(C)C.CCNCCN1CCOCC1. The molecule has 4 nitrogen and oxygen atoms in total. The Morgan fingerprint density at radius 3 is 2.05 bits per heavy atom. The minimum Gasteiger partial charge on any atom is -0.379 e. The molecule has 0 amide bonds. The Labute approximate surface area is 127 Å². The fourth-order valence-corrected chi connectivity index (χ4v) is 1.97. The molecule has 124 valence electrons. The summed E-state index contributed by atoms with van der Waals surface area (Å²) in [5.41, 5.74) is 0. The number of morpholine rings is 1. The summed E-state index contributed by atoms with van der Waals surface area (Å²) in [7, 11) is 4.19. The number of hydrogen-bond acceptors (Lipinski definition) is 4. The van der Waals surface area contributed by atoms with E-state index in [0.29, 0.717) is 0 Å². The lowest BCUT2D eigenvalue weighted by Crippen LogP contribution is -2.40. The second kappa shape index (κ2) is 16.9. The average Bonchev–Trinajstić information content (AvgIpc) is 2.42. The van der Waals surface area contributed by atoms with Gasteiger partial charge in [0.05, 0.1) is 13.2 Å². The van der Waals surface area contributed by atoms with E-state index in [4.69, 9.17) is 4.74 Å². The highest BCUT2D eigenvalue weighted by molar-refractivity contribution is 4.62. The van der Waals surface area contributed by atoms with Gasteiger partial charge in [0.15, 0.2) is 0 Å². The lowest BCUT2D eigenvalue weighted by molar-refractivity contribution is 0.0385. The van der Waals surface area contributed by atoms with Crippen molar-refractivity contribution in [2.24, 2.45) is 5.92 Å². The number of nitrogens with zero attached hydrogens (tertiary/aromatic N) is 2. The van der Waals surface area contributed by atoms with Gasteiger partial charge in [-0.2, -0.15) is 0 Å². The molecule has 1 heterocycles. The van der Waals surface area contributed by atoms with Crippen LogP contribution in [-0.4, -0.2) is 76.4 Å². The van der Waals surface area contributed by atoms with Gasteiger partial charge in [-0.25, -0.2) is 0 Å². The summed E-state index contributed by atoms with van der Waals surface area (Å²) < 4.78 is 5.24. The molecule has 1 rings (SSSR count). The van der Waals surface area contributed by atoms with E-state index in [2.05, 4.69) is 50.0 Å². The topological polar surface area (TPSA) is 27.7 Å². The van der Waals surface area contributed by atoms with Crippen LogP contribution in [0, 0.1) is 5.92 Å². The Morgan fingerprint density at radius 1 is 1.15 bits per heavy atom. The summed E-state index contributed by atoms with van der Waals surface area (Å²) in [5.74, 6) is 0.801. The van der Waals surface area contributed by atoms with Crippen LogP contribution in [0.3, 0.4) is 0 Å². The highest BCUT2D eigenvalue weighted by Gasteiger charge is 2.08. The second-order valence-corrected chi connectivity index (χ2v) is 5.46. The van der Waals surface area contributed by atoms with Crippen molar-refractivity contribution in [1.29, 1.82) is 0 Å². The van der Waals surface area contributed by atoms with Gasteiger partial charge in [-0.15, -0.1) is 0 Å². The lowest BCUT2D eigenvalue weighted by Gasteiger charge is -2.26. The van der Waals surface area contributed by atoms with Crippen LogP contribution in [0.4, 0.5) is 0 Å². The van der Waals surface area contributed by atoms with Crippen molar-refractivity contribution < 1.29 is 4.74 Å². The standard InChI is InChI=1S/C8H18N2O.C6H15N.C2H6/c1-2-9-3-4-10-5-7-11-8-6-10;1-6(2)5-7(3)4;1-2/h9H,2-8H2,1H3;6H,5H2,1-4H3;1-2H3. The van der Waals surface area contributed by atoms with Crippen molar-refractivity contribution in [2.45, 2.75) is 34.6 Å². The fourth-order valence-electron chi connectivity index (χ4n) is 1.97. The lowest BCUT2D eigenvalue weighted by atomic mass is 10.2. The summed E-state index contributed by atoms with van der Waals surface area (Å²) in [5, 5.41) is 3.31. The van der Waals surface area contributed by atoms with E-state index >= 15 is 0 Å². The second-order valence-electron chi connectivity index (χ2n) is 5.46. The Bertz CT molecular complexity index is 163. The van der Waals surface area contributed by atoms with E-state index in [-0.39, 0.29) is 0 Å². The minimum absolute atomic E-state index is 0.801. The third kappa shape index (κ3) is 17.8. The van der Waals surface area contributed by atoms with Crippen molar-refractivity contribution in [2.75, 3.05) is 66.6 Å². The zero-order valence-electron chi connectivity index (χ0n) is 15.0. The first kappa shape index (κ1) is 22.1. The largest absolute Gasteiger partial charge is 0.379 e. The molecule has 0 aliphatic carbocycles. The van der Waals surface area contributed by atoms with Crippen molar-refractivity contribution in [3.05, 3.63) is 0 Å². The average molecular weight is 290 g/mol. The smallest absolute Gasteiger partial charge is 0.0594 e. The Morgan fingerprint density at radius 2 is 1.70 bits per heavy atom. The first-order valence-electron chi connectivity index (χ1n) is 8.21. The predicted octanol–water partition coefficient (Wildman–Crippen LogP) is 2.16. The molecule has 0 aromatic rings. The molecule has 0 saturated carbocycles. The van der Waals surface area contributed by atoms with Gasteiger partial charge in [-0.3, -0.25) is 4.90 Å². The summed E-state index contributed by atoms with van der Waals surface area (Å²) in [6.45, 7) is 19.1. The summed E-state index contributed by atoms with van der Waals surface area (Å²) in [6.07, 6.45) is 0. The third-order valence-electron chi connectivity index (χ3n) is 2.69. The van der Waals surface area contributed by atoms with E-state index in [9.17, 15) is 0 Å². The van der Waals surface area contributed by atoms with Crippen molar-refractivity contribution >= 4 is 0 Å². The Balaban J connectivity index is 0. The summed E-state index contributed by atoms with van der Waals surface area (Å²) in [6, 6.07) is 0. The van der Waals surface area contributed by atoms with E-state index < -0.39 is 0 Å². The molecule has 1 fully saturated rings. The number of likely N-dealkylation sites (N-methyl/N-ethyl adjacent to an activating group) is 1. The molecule has 0 radical (unpaired) electrons. The summed E-state index contributed by atoms with van der Waals surface area (Å²) >= 11 is 0. The molecule has 0 spiro atoms. The maximum Gasteiger partial charge on any atom is 0.0594 e. The van der Waals surface area contributed by atoms with E-state index in [1.807, 2.05) is 13.8 Å². The Kier molecular flexibility index (Phi) is 18.7. The van der Waals surface area contributed by atoms with Crippen molar-refractivity contribution in [3.63, 3.8) is 0 Å². The molecule has 4 heteroatoms. The van der Waals surface area contributed by atoms with Gasteiger partial charge in [0.2, 0.25) is 0 Å².